The number of furan rings is 1. The van der Waals surface area contributed by atoms with Gasteiger partial charge in [0.05, 0.1) is 19.5 Å². The van der Waals surface area contributed by atoms with Crippen molar-refractivity contribution < 1.29 is 13.9 Å². The predicted octanol–water partition coefficient (Wildman–Crippen LogP) is 2.56. The SMILES string of the molecule is C=CCNC(=NCc1ccco1)NCCCCOCCOC.I. The first kappa shape index (κ1) is 21.9. The molecule has 0 aliphatic rings. The van der Waals surface area contributed by atoms with E-state index < -0.39 is 0 Å². The maximum absolute atomic E-state index is 5.42. The normalized spacial score (nSPS) is 10.9. The molecule has 0 saturated heterocycles. The van der Waals surface area contributed by atoms with Crippen LogP contribution >= 0.6 is 24.0 Å². The zero-order valence-electron chi connectivity index (χ0n) is 13.8. The van der Waals surface area contributed by atoms with E-state index in [-0.39, 0.29) is 24.0 Å². The van der Waals surface area contributed by atoms with Gasteiger partial charge in [0.2, 0.25) is 0 Å². The summed E-state index contributed by atoms with van der Waals surface area (Å²) < 4.78 is 15.6. The van der Waals surface area contributed by atoms with Gasteiger partial charge in [-0.05, 0) is 25.0 Å². The number of nitrogens with zero attached hydrogens (tertiary/aromatic N) is 1. The smallest absolute Gasteiger partial charge is 0.191 e. The van der Waals surface area contributed by atoms with Crippen molar-refractivity contribution in [2.45, 2.75) is 19.4 Å². The molecule has 0 atom stereocenters. The number of hydrogen-bond donors (Lipinski definition) is 2. The summed E-state index contributed by atoms with van der Waals surface area (Å²) in [6.45, 7) is 7.78. The Morgan fingerprint density at radius 3 is 2.87 bits per heavy atom. The summed E-state index contributed by atoms with van der Waals surface area (Å²) in [6.07, 6.45) is 5.47. The molecule has 0 aliphatic heterocycles. The van der Waals surface area contributed by atoms with Gasteiger partial charge in [0.1, 0.15) is 12.3 Å². The van der Waals surface area contributed by atoms with E-state index in [0.29, 0.717) is 26.3 Å². The molecule has 0 amide bonds. The first-order valence-corrected chi connectivity index (χ1v) is 7.59. The lowest BCUT2D eigenvalue weighted by Gasteiger charge is -2.11. The first-order chi connectivity index (χ1) is 10.9. The Bertz CT molecular complexity index is 411. The van der Waals surface area contributed by atoms with Crippen LogP contribution in [-0.2, 0) is 16.0 Å². The molecule has 132 valence electrons. The van der Waals surface area contributed by atoms with Crippen LogP contribution in [0.2, 0.25) is 0 Å². The third-order valence-corrected chi connectivity index (χ3v) is 2.83. The Morgan fingerprint density at radius 2 is 2.17 bits per heavy atom. The van der Waals surface area contributed by atoms with E-state index >= 15 is 0 Å². The Labute approximate surface area is 155 Å². The number of halogens is 1. The second-order valence-electron chi connectivity index (χ2n) is 4.65. The number of ether oxygens (including phenoxy) is 2. The number of aliphatic imine (C=N–C) groups is 1. The maximum Gasteiger partial charge on any atom is 0.191 e. The predicted molar refractivity (Wildman–Crippen MR) is 103 cm³/mol. The van der Waals surface area contributed by atoms with Gasteiger partial charge in [-0.25, -0.2) is 4.99 Å². The molecular formula is C16H28IN3O3. The van der Waals surface area contributed by atoms with E-state index in [1.165, 1.54) is 0 Å². The lowest BCUT2D eigenvalue weighted by Crippen LogP contribution is -2.38. The van der Waals surface area contributed by atoms with E-state index in [4.69, 9.17) is 13.9 Å². The molecule has 2 N–H and O–H groups in total. The standard InChI is InChI=1S/C16H27N3O3.HI/c1-3-8-17-16(19-14-15-7-6-11-22-15)18-9-4-5-10-21-13-12-20-2;/h3,6-7,11H,1,4-5,8-10,12-14H2,2H3,(H2,17,18,19);1H. The third kappa shape index (κ3) is 12.1. The summed E-state index contributed by atoms with van der Waals surface area (Å²) in [5, 5.41) is 6.47. The molecule has 7 heteroatoms. The van der Waals surface area contributed by atoms with Crippen molar-refractivity contribution in [2.75, 3.05) is 40.0 Å². The van der Waals surface area contributed by atoms with Crippen LogP contribution in [0, 0.1) is 0 Å². The molecule has 1 rings (SSSR count). The summed E-state index contributed by atoms with van der Waals surface area (Å²) in [6, 6.07) is 3.77. The summed E-state index contributed by atoms with van der Waals surface area (Å²) in [4.78, 5) is 4.47. The number of unbranched alkanes of at least 4 members (excludes halogenated alkanes) is 1. The Balaban J connectivity index is 0.00000484. The van der Waals surface area contributed by atoms with Crippen LogP contribution in [0.15, 0.2) is 40.5 Å². The fraction of sp³-hybridized carbons (Fsp3) is 0.562. The van der Waals surface area contributed by atoms with Crippen LogP contribution in [0.3, 0.4) is 0 Å². The maximum atomic E-state index is 5.42. The monoisotopic (exact) mass is 437 g/mol. The van der Waals surface area contributed by atoms with Gasteiger partial charge in [0.25, 0.3) is 0 Å². The van der Waals surface area contributed by atoms with Crippen molar-refractivity contribution >= 4 is 29.9 Å². The number of methoxy groups -OCH3 is 1. The average molecular weight is 437 g/mol. The molecule has 1 aromatic rings. The van der Waals surface area contributed by atoms with E-state index in [2.05, 4.69) is 22.2 Å². The highest BCUT2D eigenvalue weighted by Crippen LogP contribution is 2.01. The molecule has 0 bridgehead atoms. The van der Waals surface area contributed by atoms with Gasteiger partial charge in [0.15, 0.2) is 5.96 Å². The Hall–Kier alpha value is -1.06. The first-order valence-electron chi connectivity index (χ1n) is 7.59. The minimum atomic E-state index is 0. The van der Waals surface area contributed by atoms with Crippen molar-refractivity contribution in [1.29, 1.82) is 0 Å². The molecule has 0 fully saturated rings. The van der Waals surface area contributed by atoms with E-state index in [1.54, 1.807) is 19.4 Å². The molecule has 0 spiro atoms. The van der Waals surface area contributed by atoms with Gasteiger partial charge < -0.3 is 24.5 Å². The van der Waals surface area contributed by atoms with Crippen LogP contribution < -0.4 is 10.6 Å². The fourth-order valence-corrected chi connectivity index (χ4v) is 1.68. The van der Waals surface area contributed by atoms with Crippen LogP contribution in [0.5, 0.6) is 0 Å². The molecule has 6 nitrogen and oxygen atoms in total. The molecule has 1 heterocycles. The molecule has 0 saturated carbocycles. The topological polar surface area (TPSA) is 68.0 Å². The Morgan fingerprint density at radius 1 is 1.30 bits per heavy atom. The highest BCUT2D eigenvalue weighted by atomic mass is 127. The van der Waals surface area contributed by atoms with Gasteiger partial charge in [-0.1, -0.05) is 6.08 Å². The van der Waals surface area contributed by atoms with Crippen LogP contribution in [0.1, 0.15) is 18.6 Å². The zero-order chi connectivity index (χ0) is 15.9. The van der Waals surface area contributed by atoms with Gasteiger partial charge >= 0.3 is 0 Å². The molecule has 0 unspecified atom stereocenters. The minimum Gasteiger partial charge on any atom is -0.467 e. The minimum absolute atomic E-state index is 0. The summed E-state index contributed by atoms with van der Waals surface area (Å²) in [7, 11) is 1.67. The van der Waals surface area contributed by atoms with E-state index in [0.717, 1.165) is 37.7 Å². The number of rotatable bonds is 12. The van der Waals surface area contributed by atoms with E-state index in [1.807, 2.05) is 12.1 Å². The lowest BCUT2D eigenvalue weighted by atomic mass is 10.3. The number of hydrogen-bond acceptors (Lipinski definition) is 4. The highest BCUT2D eigenvalue weighted by Gasteiger charge is 1.99. The highest BCUT2D eigenvalue weighted by molar-refractivity contribution is 14.0. The largest absolute Gasteiger partial charge is 0.467 e. The van der Waals surface area contributed by atoms with Gasteiger partial charge in [0, 0.05) is 26.8 Å². The van der Waals surface area contributed by atoms with E-state index in [9.17, 15) is 0 Å². The van der Waals surface area contributed by atoms with Gasteiger partial charge in [-0.2, -0.15) is 0 Å². The van der Waals surface area contributed by atoms with Crippen molar-refractivity contribution in [3.05, 3.63) is 36.8 Å². The average Bonchev–Trinajstić information content (AvgIpc) is 3.05. The van der Waals surface area contributed by atoms with Gasteiger partial charge in [-0.3, -0.25) is 0 Å². The molecule has 0 aromatic carbocycles. The van der Waals surface area contributed by atoms with Crippen molar-refractivity contribution in [3.63, 3.8) is 0 Å². The second kappa shape index (κ2) is 15.8. The van der Waals surface area contributed by atoms with Crippen LogP contribution in [0.4, 0.5) is 0 Å². The summed E-state index contributed by atoms with van der Waals surface area (Å²) in [5.41, 5.74) is 0. The number of nitrogens with one attached hydrogen (secondary N) is 2. The van der Waals surface area contributed by atoms with Gasteiger partial charge in [-0.15, -0.1) is 30.6 Å². The quantitative estimate of drug-likeness (QED) is 0.173. The molecule has 23 heavy (non-hydrogen) atoms. The summed E-state index contributed by atoms with van der Waals surface area (Å²) >= 11 is 0. The third-order valence-electron chi connectivity index (χ3n) is 2.83. The van der Waals surface area contributed by atoms with Crippen LogP contribution in [0.25, 0.3) is 0 Å². The summed E-state index contributed by atoms with van der Waals surface area (Å²) in [5.74, 6) is 1.60. The Kier molecular flexibility index (Phi) is 15.1. The lowest BCUT2D eigenvalue weighted by molar-refractivity contribution is 0.0689. The van der Waals surface area contributed by atoms with Crippen molar-refractivity contribution in [2.24, 2.45) is 4.99 Å². The van der Waals surface area contributed by atoms with Crippen LogP contribution in [-0.4, -0.2) is 46.0 Å². The zero-order valence-corrected chi connectivity index (χ0v) is 16.1. The molecule has 0 radical (unpaired) electrons. The number of guanidine groups is 1. The van der Waals surface area contributed by atoms with Crippen molar-refractivity contribution in [3.8, 4) is 0 Å². The second-order valence-corrected chi connectivity index (χ2v) is 4.65. The fourth-order valence-electron chi connectivity index (χ4n) is 1.68. The molecular weight excluding hydrogens is 409 g/mol. The molecule has 0 aliphatic carbocycles. The van der Waals surface area contributed by atoms with Crippen molar-refractivity contribution in [1.82, 2.24) is 10.6 Å². The molecule has 1 aromatic heterocycles.